The maximum absolute atomic E-state index is 12.9. The second-order valence-corrected chi connectivity index (χ2v) is 10.8. The number of nitrogen functional groups attached to an aromatic ring is 1. The third kappa shape index (κ3) is 4.90. The molecule has 2 aromatic heterocycles. The van der Waals surface area contributed by atoms with Gasteiger partial charge in [0.05, 0.1) is 20.7 Å². The van der Waals surface area contributed by atoms with E-state index in [-0.39, 0.29) is 26.1 Å². The number of thiazole rings is 1. The number of rotatable bonds is 9. The Kier molecular flexibility index (Phi) is 7.01. The lowest BCUT2D eigenvalue weighted by Gasteiger charge is -2.16. The van der Waals surface area contributed by atoms with Gasteiger partial charge in [0.25, 0.3) is 0 Å². The zero-order valence-corrected chi connectivity index (χ0v) is 20.5. The molecule has 0 amide bonds. The first-order valence-electron chi connectivity index (χ1n) is 10.3. The van der Waals surface area contributed by atoms with Crippen molar-refractivity contribution in [3.63, 3.8) is 0 Å². The summed E-state index contributed by atoms with van der Waals surface area (Å²) in [6.07, 6.45) is 2.60. The van der Waals surface area contributed by atoms with Gasteiger partial charge in [-0.1, -0.05) is 42.0 Å². The maximum Gasteiger partial charge on any atom is 0.239 e. The molecule has 0 bridgehead atoms. The average molecular weight is 506 g/mol. The Morgan fingerprint density at radius 2 is 1.97 bits per heavy atom. The molecule has 0 aliphatic carbocycles. The Morgan fingerprint density at radius 3 is 2.67 bits per heavy atom. The summed E-state index contributed by atoms with van der Waals surface area (Å²) in [6.45, 7) is 1.99. The number of aryl methyl sites for hydroxylation is 1. The predicted octanol–water partition coefficient (Wildman–Crippen LogP) is 2.62. The molecule has 0 aliphatic heterocycles. The molecule has 33 heavy (non-hydrogen) atoms. The molecule has 1 unspecified atom stereocenters. The van der Waals surface area contributed by atoms with Crippen molar-refractivity contribution in [3.05, 3.63) is 35.9 Å². The van der Waals surface area contributed by atoms with Crippen LogP contribution >= 0.6 is 20.1 Å². The van der Waals surface area contributed by atoms with E-state index < -0.39 is 10.0 Å². The Bertz CT molecular complexity index is 1400. The molecule has 1 atom stereocenters. The van der Waals surface area contributed by atoms with Crippen LogP contribution in [0.15, 0.2) is 35.2 Å². The molecule has 0 saturated heterocycles. The number of aromatic nitrogens is 5. The van der Waals surface area contributed by atoms with Crippen molar-refractivity contribution in [3.8, 4) is 22.5 Å². The van der Waals surface area contributed by atoms with E-state index in [0.717, 1.165) is 11.1 Å². The Morgan fingerprint density at radius 1 is 1.15 bits per heavy atom. The van der Waals surface area contributed by atoms with Crippen LogP contribution in [0.5, 0.6) is 0 Å². The molecule has 174 valence electrons. The molecule has 0 fully saturated rings. The van der Waals surface area contributed by atoms with Crippen molar-refractivity contribution < 1.29 is 13.5 Å². The molecule has 4 rings (SSSR count). The van der Waals surface area contributed by atoms with Crippen molar-refractivity contribution in [2.24, 2.45) is 5.14 Å². The van der Waals surface area contributed by atoms with Crippen LogP contribution in [0, 0.1) is 0 Å². The molecule has 0 spiro atoms. The van der Waals surface area contributed by atoms with Gasteiger partial charge in [-0.15, -0.1) is 14.8 Å². The number of tetrazole rings is 1. The van der Waals surface area contributed by atoms with Gasteiger partial charge in [-0.05, 0) is 48.3 Å². The largest absolute Gasteiger partial charge is 0.396 e. The predicted molar refractivity (Wildman–Crippen MR) is 132 cm³/mol. The van der Waals surface area contributed by atoms with E-state index in [2.05, 4.69) is 20.4 Å². The lowest BCUT2D eigenvalue weighted by molar-refractivity contribution is 0.283. The summed E-state index contributed by atoms with van der Waals surface area (Å²) in [5, 5.41) is 27.8. The number of nitrogens with zero attached hydrogens (tertiary/aromatic N) is 5. The molecule has 4 aromatic rings. The van der Waals surface area contributed by atoms with E-state index in [1.54, 1.807) is 6.07 Å². The summed E-state index contributed by atoms with van der Waals surface area (Å²) < 4.78 is 28.1. The number of sulfonamides is 1. The first-order chi connectivity index (χ1) is 15.8. The molecular formula is C20H24N7O3PS2. The zero-order chi connectivity index (χ0) is 23.6. The molecule has 0 radical (unpaired) electrons. The second kappa shape index (κ2) is 9.78. The van der Waals surface area contributed by atoms with E-state index >= 15 is 0 Å². The fourth-order valence-electron chi connectivity index (χ4n) is 3.79. The van der Waals surface area contributed by atoms with E-state index in [9.17, 15) is 8.42 Å². The van der Waals surface area contributed by atoms with Gasteiger partial charge in [0, 0.05) is 20.9 Å². The van der Waals surface area contributed by atoms with Crippen LogP contribution in [-0.4, -0.2) is 51.8 Å². The number of aliphatic hydroxyl groups excluding tert-OH is 1. The Balaban J connectivity index is 2.00. The number of aliphatic hydroxyl groups is 1. The Hall–Kier alpha value is -2.50. The monoisotopic (exact) mass is 505 g/mol. The molecule has 2 aromatic carbocycles. The third-order valence-electron chi connectivity index (χ3n) is 5.19. The number of hydrogen-bond acceptors (Lipinski definition) is 9. The number of unbranched alkanes of at least 4 members (excludes halogenated alkanes) is 2. The molecule has 0 aliphatic rings. The number of para-hydroxylation sites is 1. The van der Waals surface area contributed by atoms with Crippen molar-refractivity contribution in [1.29, 1.82) is 0 Å². The molecule has 0 saturated carbocycles. The molecule has 2 heterocycles. The van der Waals surface area contributed by atoms with Crippen molar-refractivity contribution in [1.82, 2.24) is 25.0 Å². The van der Waals surface area contributed by atoms with Gasteiger partial charge in [0.2, 0.25) is 15.8 Å². The fourth-order valence-corrected chi connectivity index (χ4v) is 5.90. The maximum atomic E-state index is 12.9. The van der Waals surface area contributed by atoms with E-state index in [1.807, 2.05) is 30.9 Å². The Labute approximate surface area is 196 Å². The van der Waals surface area contributed by atoms with Crippen LogP contribution in [0.2, 0.25) is 0 Å². The number of hydrogen-bond donors (Lipinski definition) is 3. The summed E-state index contributed by atoms with van der Waals surface area (Å²) >= 11 is 1.36. The van der Waals surface area contributed by atoms with Gasteiger partial charge in [-0.2, -0.15) is 0 Å². The summed E-state index contributed by atoms with van der Waals surface area (Å²) in [6, 6.07) is 9.27. The molecule has 13 heteroatoms. The standard InChI is InChI=1S/C20H24N7O3PS2/c1-31-27-25-19(24-26-27)16-13(14-7-5-8-15-17(14)23-20(21)32-15)10-9-12(6-3-2-4-11-28)18(16)33(22,29)30/h5,7-10,28,31H,2-4,6,11H2,1H3,(H2,21,23)(H2,22,29,30). The highest BCUT2D eigenvalue weighted by Gasteiger charge is 2.27. The van der Waals surface area contributed by atoms with Crippen LogP contribution in [0.4, 0.5) is 5.13 Å². The van der Waals surface area contributed by atoms with Crippen molar-refractivity contribution >= 4 is 45.4 Å². The highest BCUT2D eigenvalue weighted by Crippen LogP contribution is 2.41. The van der Waals surface area contributed by atoms with Gasteiger partial charge < -0.3 is 10.8 Å². The quantitative estimate of drug-likeness (QED) is 0.231. The molecule has 5 N–H and O–H groups in total. The summed E-state index contributed by atoms with van der Waals surface area (Å²) in [7, 11) is -3.91. The van der Waals surface area contributed by atoms with Gasteiger partial charge in [0.1, 0.15) is 0 Å². The normalized spacial score (nSPS) is 12.3. The SMILES string of the molecule is CPn1nnc(-c2c(-c3cccc4sc(N)nc34)ccc(CCCCCO)c2S(N)(=O)=O)n1. The second-order valence-electron chi connectivity index (χ2n) is 7.39. The van der Waals surface area contributed by atoms with Crippen LogP contribution in [-0.2, 0) is 16.4 Å². The highest BCUT2D eigenvalue weighted by molar-refractivity contribution is 7.89. The van der Waals surface area contributed by atoms with Crippen molar-refractivity contribution in [2.75, 3.05) is 19.0 Å². The van der Waals surface area contributed by atoms with E-state index in [4.69, 9.17) is 16.0 Å². The van der Waals surface area contributed by atoms with E-state index in [1.165, 1.54) is 15.9 Å². The first-order valence-corrected chi connectivity index (χ1v) is 14.1. The lowest BCUT2D eigenvalue weighted by Crippen LogP contribution is -2.17. The first kappa shape index (κ1) is 23.7. The summed E-state index contributed by atoms with van der Waals surface area (Å²) in [4.78, 5) is 4.45. The molecule has 10 nitrogen and oxygen atoms in total. The lowest BCUT2D eigenvalue weighted by atomic mass is 9.94. The summed E-state index contributed by atoms with van der Waals surface area (Å²) in [5.41, 5.74) is 8.80. The van der Waals surface area contributed by atoms with Crippen LogP contribution < -0.4 is 10.9 Å². The number of primary sulfonamides is 1. The fraction of sp³-hybridized carbons (Fsp3) is 0.300. The number of nitrogens with two attached hydrogens (primary N) is 2. The van der Waals surface area contributed by atoms with Gasteiger partial charge in [0.15, 0.2) is 5.13 Å². The number of anilines is 1. The van der Waals surface area contributed by atoms with Crippen LogP contribution in [0.1, 0.15) is 24.8 Å². The smallest absolute Gasteiger partial charge is 0.239 e. The number of benzene rings is 2. The van der Waals surface area contributed by atoms with Gasteiger partial charge in [-0.25, -0.2) is 18.5 Å². The third-order valence-corrected chi connectivity index (χ3v) is 7.67. The minimum Gasteiger partial charge on any atom is -0.396 e. The molecular weight excluding hydrogens is 481 g/mol. The van der Waals surface area contributed by atoms with Crippen LogP contribution in [0.25, 0.3) is 32.7 Å². The highest BCUT2D eigenvalue weighted by atomic mass is 32.2. The summed E-state index contributed by atoms with van der Waals surface area (Å²) in [5.74, 6) is 0.181. The van der Waals surface area contributed by atoms with Gasteiger partial charge >= 0.3 is 0 Å². The van der Waals surface area contributed by atoms with Crippen LogP contribution in [0.3, 0.4) is 0 Å². The number of fused-ring (bicyclic) bond motifs is 1. The average Bonchev–Trinajstić information content (AvgIpc) is 3.41. The van der Waals surface area contributed by atoms with E-state index in [0.29, 0.717) is 52.2 Å². The van der Waals surface area contributed by atoms with Gasteiger partial charge in [-0.3, -0.25) is 0 Å². The minimum absolute atomic E-state index is 0.0109. The zero-order valence-electron chi connectivity index (χ0n) is 17.9. The van der Waals surface area contributed by atoms with Crippen molar-refractivity contribution in [2.45, 2.75) is 30.6 Å². The topological polar surface area (TPSA) is 163 Å². The minimum atomic E-state index is -4.14.